The minimum Gasteiger partial charge on any atom is -0.478 e. The van der Waals surface area contributed by atoms with Crippen molar-refractivity contribution in [3.8, 4) is 0 Å². The second kappa shape index (κ2) is 7.96. The van der Waals surface area contributed by atoms with Crippen molar-refractivity contribution in [1.82, 2.24) is 25.1 Å². The molecule has 0 fully saturated rings. The van der Waals surface area contributed by atoms with Crippen LogP contribution < -0.4 is 5.32 Å². The first-order chi connectivity index (χ1) is 14.4. The van der Waals surface area contributed by atoms with Gasteiger partial charge in [-0.1, -0.05) is 11.6 Å². The molecule has 152 valence electrons. The smallest absolute Gasteiger partial charge is 0.338 e. The van der Waals surface area contributed by atoms with E-state index in [1.165, 1.54) is 29.3 Å². The molecule has 1 aromatic carbocycles. The van der Waals surface area contributed by atoms with Crippen LogP contribution in [0.5, 0.6) is 0 Å². The van der Waals surface area contributed by atoms with Crippen molar-refractivity contribution in [2.24, 2.45) is 0 Å². The van der Waals surface area contributed by atoms with E-state index < -0.39 is 17.7 Å². The maximum Gasteiger partial charge on any atom is 0.338 e. The summed E-state index contributed by atoms with van der Waals surface area (Å²) in [5, 5.41) is 16.7. The van der Waals surface area contributed by atoms with E-state index in [0.29, 0.717) is 32.6 Å². The molecule has 0 aliphatic rings. The van der Waals surface area contributed by atoms with Gasteiger partial charge in [0.1, 0.15) is 5.82 Å². The predicted octanol–water partition coefficient (Wildman–Crippen LogP) is 3.23. The number of carboxylic acids is 1. The van der Waals surface area contributed by atoms with Gasteiger partial charge in [-0.3, -0.25) is 14.5 Å². The fraction of sp³-hybridized carbons (Fsp3) is 0.100. The molecule has 0 aliphatic heterocycles. The highest BCUT2D eigenvalue weighted by molar-refractivity contribution is 6.35. The number of benzene rings is 1. The molecule has 3 aromatic heterocycles. The molecular weight excluding hydrogens is 413 g/mol. The molecule has 1 amide bonds. The molecule has 0 unspecified atom stereocenters. The SMILES string of the molecule is O=C(O)c1cnn(Cc2cncc(C(=O)NCc3cc4c(Cl)c[nH]c4cc3F)c2)c1. The quantitative estimate of drug-likeness (QED) is 0.437. The lowest BCUT2D eigenvalue weighted by molar-refractivity contribution is 0.0696. The number of fused-ring (bicyclic) bond motifs is 1. The van der Waals surface area contributed by atoms with Crippen molar-refractivity contribution >= 4 is 34.4 Å². The molecule has 10 heteroatoms. The Morgan fingerprint density at radius 1 is 1.20 bits per heavy atom. The lowest BCUT2D eigenvalue weighted by Gasteiger charge is -2.08. The minimum absolute atomic E-state index is 0.0204. The molecule has 0 bridgehead atoms. The zero-order valence-corrected chi connectivity index (χ0v) is 16.2. The van der Waals surface area contributed by atoms with Crippen LogP contribution in [0.2, 0.25) is 5.02 Å². The van der Waals surface area contributed by atoms with E-state index in [1.807, 2.05) is 0 Å². The summed E-state index contributed by atoms with van der Waals surface area (Å²) in [6.07, 6.45) is 7.16. The van der Waals surface area contributed by atoms with Crippen LogP contribution >= 0.6 is 11.6 Å². The van der Waals surface area contributed by atoms with E-state index in [2.05, 4.69) is 20.4 Å². The van der Waals surface area contributed by atoms with E-state index in [1.54, 1.807) is 24.5 Å². The van der Waals surface area contributed by atoms with Gasteiger partial charge >= 0.3 is 5.97 Å². The number of nitrogens with one attached hydrogen (secondary N) is 2. The molecule has 0 aliphatic carbocycles. The van der Waals surface area contributed by atoms with E-state index in [9.17, 15) is 14.0 Å². The Labute approximate surface area is 174 Å². The number of halogens is 2. The average Bonchev–Trinajstić information content (AvgIpc) is 3.33. The van der Waals surface area contributed by atoms with E-state index in [0.717, 1.165) is 0 Å². The molecule has 3 heterocycles. The second-order valence-corrected chi connectivity index (χ2v) is 7.03. The van der Waals surface area contributed by atoms with E-state index >= 15 is 0 Å². The van der Waals surface area contributed by atoms with Crippen LogP contribution in [0, 0.1) is 5.82 Å². The molecule has 4 aromatic rings. The Bertz CT molecular complexity index is 1270. The maximum absolute atomic E-state index is 14.3. The van der Waals surface area contributed by atoms with Crippen molar-refractivity contribution in [3.63, 3.8) is 0 Å². The van der Waals surface area contributed by atoms with E-state index in [4.69, 9.17) is 16.7 Å². The molecule has 0 atom stereocenters. The van der Waals surface area contributed by atoms with Gasteiger partial charge in [-0.25, -0.2) is 9.18 Å². The van der Waals surface area contributed by atoms with Gasteiger partial charge in [-0.2, -0.15) is 5.10 Å². The molecule has 30 heavy (non-hydrogen) atoms. The first-order valence-corrected chi connectivity index (χ1v) is 9.21. The molecule has 8 nitrogen and oxygen atoms in total. The number of carbonyl (C=O) groups is 2. The number of aromatic amines is 1. The highest BCUT2D eigenvalue weighted by Gasteiger charge is 2.12. The van der Waals surface area contributed by atoms with Gasteiger partial charge in [-0.15, -0.1) is 0 Å². The van der Waals surface area contributed by atoms with Gasteiger partial charge in [0.15, 0.2) is 0 Å². The van der Waals surface area contributed by atoms with Gasteiger partial charge in [0.25, 0.3) is 5.91 Å². The minimum atomic E-state index is -1.07. The number of rotatable bonds is 6. The van der Waals surface area contributed by atoms with Crippen molar-refractivity contribution in [2.75, 3.05) is 0 Å². The number of nitrogens with zero attached hydrogens (tertiary/aromatic N) is 3. The topological polar surface area (TPSA) is 113 Å². The van der Waals surface area contributed by atoms with Crippen molar-refractivity contribution < 1.29 is 19.1 Å². The number of carbonyl (C=O) groups excluding carboxylic acids is 1. The molecule has 4 rings (SSSR count). The van der Waals surface area contributed by atoms with Crippen molar-refractivity contribution in [2.45, 2.75) is 13.1 Å². The lowest BCUT2D eigenvalue weighted by atomic mass is 10.1. The number of aromatic nitrogens is 4. The largest absolute Gasteiger partial charge is 0.478 e. The number of hydrogen-bond acceptors (Lipinski definition) is 4. The fourth-order valence-electron chi connectivity index (χ4n) is 3.01. The lowest BCUT2D eigenvalue weighted by Crippen LogP contribution is -2.23. The normalized spacial score (nSPS) is 11.0. The summed E-state index contributed by atoms with van der Waals surface area (Å²) in [5.74, 6) is -1.95. The maximum atomic E-state index is 14.3. The predicted molar refractivity (Wildman–Crippen MR) is 107 cm³/mol. The highest BCUT2D eigenvalue weighted by atomic mass is 35.5. The van der Waals surface area contributed by atoms with Crippen LogP contribution in [0.15, 0.2) is 49.2 Å². The summed E-state index contributed by atoms with van der Waals surface area (Å²) in [6.45, 7) is 0.228. The molecule has 3 N–H and O–H groups in total. The van der Waals surface area contributed by atoms with Crippen molar-refractivity contribution in [3.05, 3.63) is 82.3 Å². The first-order valence-electron chi connectivity index (χ1n) is 8.83. The highest BCUT2D eigenvalue weighted by Crippen LogP contribution is 2.25. The van der Waals surface area contributed by atoms with Crippen LogP contribution in [0.1, 0.15) is 31.8 Å². The Morgan fingerprint density at radius 2 is 2.03 bits per heavy atom. The summed E-state index contributed by atoms with van der Waals surface area (Å²) >= 11 is 6.07. The van der Waals surface area contributed by atoms with Gasteiger partial charge in [0, 0.05) is 47.8 Å². The Kier molecular flexibility index (Phi) is 5.20. The van der Waals surface area contributed by atoms with Crippen LogP contribution in [0.3, 0.4) is 0 Å². The molecule has 0 saturated heterocycles. The molecule has 0 spiro atoms. The van der Waals surface area contributed by atoms with E-state index in [-0.39, 0.29) is 18.7 Å². The summed E-state index contributed by atoms with van der Waals surface area (Å²) in [5.41, 5.74) is 1.90. The van der Waals surface area contributed by atoms with Gasteiger partial charge in [-0.05, 0) is 23.8 Å². The number of carboxylic acid groups (broad SMARTS) is 1. The van der Waals surface area contributed by atoms with Crippen LogP contribution in [0.4, 0.5) is 4.39 Å². The van der Waals surface area contributed by atoms with Crippen LogP contribution in [0.25, 0.3) is 10.9 Å². The molecular formula is C20H15ClFN5O3. The summed E-state index contributed by atoms with van der Waals surface area (Å²) in [4.78, 5) is 30.4. The zero-order valence-electron chi connectivity index (χ0n) is 15.4. The molecule has 0 saturated carbocycles. The number of aromatic carboxylic acids is 1. The van der Waals surface area contributed by atoms with Gasteiger partial charge < -0.3 is 15.4 Å². The zero-order chi connectivity index (χ0) is 21.3. The Hall–Kier alpha value is -3.72. The third kappa shape index (κ3) is 4.01. The monoisotopic (exact) mass is 427 g/mol. The molecule has 0 radical (unpaired) electrons. The summed E-state index contributed by atoms with van der Waals surface area (Å²) in [6, 6.07) is 4.55. The van der Waals surface area contributed by atoms with Gasteiger partial charge in [0.2, 0.25) is 0 Å². The van der Waals surface area contributed by atoms with Crippen LogP contribution in [-0.2, 0) is 13.1 Å². The van der Waals surface area contributed by atoms with Crippen molar-refractivity contribution in [1.29, 1.82) is 0 Å². The number of H-pyrrole nitrogens is 1. The average molecular weight is 428 g/mol. The number of pyridine rings is 1. The Balaban J connectivity index is 1.46. The summed E-state index contributed by atoms with van der Waals surface area (Å²) in [7, 11) is 0. The van der Waals surface area contributed by atoms with Crippen LogP contribution in [-0.4, -0.2) is 36.7 Å². The number of amides is 1. The van der Waals surface area contributed by atoms with Gasteiger partial charge in [0.05, 0.1) is 28.9 Å². The fourth-order valence-corrected chi connectivity index (χ4v) is 3.22. The summed E-state index contributed by atoms with van der Waals surface area (Å²) < 4.78 is 15.7. The number of hydrogen-bond donors (Lipinski definition) is 3. The third-order valence-corrected chi connectivity index (χ3v) is 4.83. The third-order valence-electron chi connectivity index (χ3n) is 4.52. The standard InChI is InChI=1S/C20H15ClFN5O3/c21-16-8-24-18-3-17(22)12(2-15(16)18)6-25-19(28)13-1-11(4-23-5-13)9-27-10-14(7-26-27)20(29)30/h1-5,7-8,10,24H,6,9H2,(H,25,28)(H,29,30). The second-order valence-electron chi connectivity index (χ2n) is 6.62. The first kappa shape index (κ1) is 19.6. The Morgan fingerprint density at radius 3 is 2.80 bits per heavy atom.